The molecule has 0 saturated heterocycles. The molecule has 280 valence electrons. The lowest BCUT2D eigenvalue weighted by Crippen LogP contribution is -2.40. The third kappa shape index (κ3) is 9.78. The highest BCUT2D eigenvalue weighted by Crippen LogP contribution is 2.49. The van der Waals surface area contributed by atoms with Crippen molar-refractivity contribution in [3.8, 4) is 0 Å². The van der Waals surface area contributed by atoms with Crippen LogP contribution in [-0.4, -0.2) is 61.6 Å². The second-order valence-corrected chi connectivity index (χ2v) is 15.8. The normalized spacial score (nSPS) is 11.6. The molecule has 6 aromatic rings. The number of rotatable bonds is 19. The number of benzene rings is 6. The summed E-state index contributed by atoms with van der Waals surface area (Å²) in [6, 6.07) is 63.6. The lowest BCUT2D eigenvalue weighted by molar-refractivity contribution is -0.141. The van der Waals surface area contributed by atoms with Gasteiger partial charge in [-0.1, -0.05) is 182 Å². The van der Waals surface area contributed by atoms with Gasteiger partial charge in [-0.05, 0) is 33.4 Å². The summed E-state index contributed by atoms with van der Waals surface area (Å²) in [6.07, 6.45) is 0.208. The van der Waals surface area contributed by atoms with Crippen molar-refractivity contribution in [2.24, 2.45) is 0 Å². The SMILES string of the molecule is COC(=O)CCN(CCSC(c1ccccc1)(c1ccccc1)c1ccccc1)CC(=O)NCCSC(c1ccccc1)(c1ccccc1)c1ccccc1. The molecule has 55 heavy (non-hydrogen) atoms. The molecule has 0 aliphatic heterocycles. The minimum Gasteiger partial charge on any atom is -0.469 e. The summed E-state index contributed by atoms with van der Waals surface area (Å²) in [5.74, 6) is 1.05. The van der Waals surface area contributed by atoms with Gasteiger partial charge in [-0.2, -0.15) is 0 Å². The maximum absolute atomic E-state index is 13.6. The van der Waals surface area contributed by atoms with Gasteiger partial charge in [0.1, 0.15) is 0 Å². The predicted molar refractivity (Wildman–Crippen MR) is 229 cm³/mol. The average Bonchev–Trinajstić information content (AvgIpc) is 3.26. The zero-order valence-corrected chi connectivity index (χ0v) is 32.9. The summed E-state index contributed by atoms with van der Waals surface area (Å²) in [4.78, 5) is 28.0. The van der Waals surface area contributed by atoms with Crippen molar-refractivity contribution in [3.63, 3.8) is 0 Å². The molecule has 0 bridgehead atoms. The molecule has 6 aromatic carbocycles. The minimum atomic E-state index is -0.472. The largest absolute Gasteiger partial charge is 0.469 e. The number of thioether (sulfide) groups is 2. The monoisotopic (exact) mass is 764 g/mol. The van der Waals surface area contributed by atoms with E-state index in [0.717, 1.165) is 5.75 Å². The summed E-state index contributed by atoms with van der Waals surface area (Å²) >= 11 is 3.67. The van der Waals surface area contributed by atoms with Crippen molar-refractivity contribution >= 4 is 35.4 Å². The molecule has 0 aromatic heterocycles. The Morgan fingerprint density at radius 2 is 0.836 bits per heavy atom. The van der Waals surface area contributed by atoms with Crippen LogP contribution in [0.1, 0.15) is 39.8 Å². The molecule has 0 unspecified atom stereocenters. The minimum absolute atomic E-state index is 0.0689. The molecule has 0 heterocycles. The fourth-order valence-corrected chi connectivity index (χ4v) is 10.1. The van der Waals surface area contributed by atoms with Crippen molar-refractivity contribution in [2.75, 3.05) is 44.8 Å². The Balaban J connectivity index is 1.17. The van der Waals surface area contributed by atoms with Gasteiger partial charge in [0, 0.05) is 31.1 Å². The van der Waals surface area contributed by atoms with E-state index < -0.39 is 9.49 Å². The van der Waals surface area contributed by atoms with Crippen LogP contribution in [0.5, 0.6) is 0 Å². The molecule has 7 heteroatoms. The number of esters is 1. The molecule has 0 radical (unpaired) electrons. The highest BCUT2D eigenvalue weighted by Gasteiger charge is 2.38. The van der Waals surface area contributed by atoms with E-state index in [9.17, 15) is 9.59 Å². The molecule has 0 aliphatic carbocycles. The number of amides is 1. The van der Waals surface area contributed by atoms with E-state index in [1.807, 2.05) is 59.9 Å². The predicted octanol–water partition coefficient (Wildman–Crippen LogP) is 9.42. The number of ether oxygens (including phenoxy) is 1. The van der Waals surface area contributed by atoms with Crippen molar-refractivity contribution in [1.82, 2.24) is 10.2 Å². The van der Waals surface area contributed by atoms with Crippen molar-refractivity contribution in [1.29, 1.82) is 0 Å². The Hall–Kier alpha value is -5.08. The highest BCUT2D eigenvalue weighted by atomic mass is 32.2. The maximum atomic E-state index is 13.6. The summed E-state index contributed by atoms with van der Waals surface area (Å²) < 4.78 is 4.05. The molecule has 0 fully saturated rings. The zero-order valence-electron chi connectivity index (χ0n) is 31.3. The molecule has 1 N–H and O–H groups in total. The number of carbonyl (C=O) groups excluding carboxylic acids is 2. The fraction of sp³-hybridized carbons (Fsp3) is 0.208. The summed E-state index contributed by atoms with van der Waals surface area (Å²) in [7, 11) is 1.40. The van der Waals surface area contributed by atoms with Gasteiger partial charge in [0.05, 0.1) is 29.6 Å². The molecule has 0 saturated carbocycles. The molecular formula is C48H48N2O3S2. The molecule has 0 spiro atoms. The van der Waals surface area contributed by atoms with Crippen molar-refractivity contribution in [3.05, 3.63) is 215 Å². The first kappa shape index (κ1) is 39.6. The van der Waals surface area contributed by atoms with Crippen molar-refractivity contribution in [2.45, 2.75) is 15.9 Å². The number of hydrogen-bond donors (Lipinski definition) is 1. The van der Waals surface area contributed by atoms with Crippen LogP contribution in [0, 0.1) is 0 Å². The van der Waals surface area contributed by atoms with Crippen LogP contribution in [0.4, 0.5) is 0 Å². The van der Waals surface area contributed by atoms with E-state index >= 15 is 0 Å². The van der Waals surface area contributed by atoms with Crippen LogP contribution >= 0.6 is 23.5 Å². The Bertz CT molecular complexity index is 1840. The van der Waals surface area contributed by atoms with Crippen LogP contribution in [-0.2, 0) is 23.8 Å². The molecule has 0 aliphatic rings. The molecular weight excluding hydrogens is 717 g/mol. The van der Waals surface area contributed by atoms with E-state index in [1.165, 1.54) is 40.5 Å². The van der Waals surface area contributed by atoms with Crippen LogP contribution in [0.15, 0.2) is 182 Å². The zero-order chi connectivity index (χ0) is 38.2. The van der Waals surface area contributed by atoms with Gasteiger partial charge in [0.15, 0.2) is 0 Å². The topological polar surface area (TPSA) is 58.6 Å². The van der Waals surface area contributed by atoms with Gasteiger partial charge in [-0.25, -0.2) is 0 Å². The van der Waals surface area contributed by atoms with E-state index in [-0.39, 0.29) is 24.8 Å². The Kier molecular flexibility index (Phi) is 14.4. The Labute approximate surface area is 334 Å². The second kappa shape index (κ2) is 20.0. The molecule has 1 amide bonds. The van der Waals surface area contributed by atoms with Crippen LogP contribution in [0.25, 0.3) is 0 Å². The second-order valence-electron chi connectivity index (χ2n) is 13.2. The number of hydrogen-bond acceptors (Lipinski definition) is 6. The lowest BCUT2D eigenvalue weighted by Gasteiger charge is -2.36. The van der Waals surface area contributed by atoms with E-state index in [4.69, 9.17) is 4.74 Å². The standard InChI is InChI=1S/C48H48N2O3S2/c1-53-46(52)32-34-50(35-37-55-48(42-26-14-5-15-27-42,43-28-16-6-17-29-43)44-30-18-7-19-31-44)38-45(51)49-33-36-54-47(39-20-8-2-9-21-39,40-22-10-3-11-23-40)41-24-12-4-13-25-41/h2-31H,32-38H2,1H3,(H,49,51). The number of carbonyl (C=O) groups is 2. The number of methoxy groups -OCH3 is 1. The van der Waals surface area contributed by atoms with Gasteiger partial charge in [0.25, 0.3) is 0 Å². The first-order chi connectivity index (χ1) is 27.1. The lowest BCUT2D eigenvalue weighted by atomic mass is 9.84. The van der Waals surface area contributed by atoms with Gasteiger partial charge >= 0.3 is 5.97 Å². The van der Waals surface area contributed by atoms with Gasteiger partial charge in [-0.3, -0.25) is 14.5 Å². The molecule has 0 atom stereocenters. The molecule has 5 nitrogen and oxygen atoms in total. The smallest absolute Gasteiger partial charge is 0.306 e. The number of nitrogens with zero attached hydrogens (tertiary/aromatic N) is 1. The first-order valence-corrected chi connectivity index (χ1v) is 20.7. The van der Waals surface area contributed by atoms with Gasteiger partial charge < -0.3 is 10.1 Å². The van der Waals surface area contributed by atoms with Crippen LogP contribution in [0.3, 0.4) is 0 Å². The fourth-order valence-electron chi connectivity index (χ4n) is 7.14. The van der Waals surface area contributed by atoms with E-state index in [2.05, 4.69) is 156 Å². The van der Waals surface area contributed by atoms with Crippen molar-refractivity contribution < 1.29 is 14.3 Å². The highest BCUT2D eigenvalue weighted by molar-refractivity contribution is 8.00. The summed E-state index contributed by atoms with van der Waals surface area (Å²) in [5.41, 5.74) is 7.12. The van der Waals surface area contributed by atoms with E-state index in [1.54, 1.807) is 0 Å². The quantitative estimate of drug-likeness (QED) is 0.0504. The average molecular weight is 765 g/mol. The molecule has 6 rings (SSSR count). The van der Waals surface area contributed by atoms with Gasteiger partial charge in [-0.15, -0.1) is 23.5 Å². The third-order valence-corrected chi connectivity index (χ3v) is 12.9. The summed E-state index contributed by atoms with van der Waals surface area (Å²) in [6.45, 7) is 1.70. The first-order valence-electron chi connectivity index (χ1n) is 18.7. The number of nitrogens with one attached hydrogen (secondary N) is 1. The third-order valence-electron chi connectivity index (χ3n) is 9.78. The van der Waals surface area contributed by atoms with Gasteiger partial charge in [0.2, 0.25) is 5.91 Å². The van der Waals surface area contributed by atoms with E-state index in [0.29, 0.717) is 25.4 Å². The maximum Gasteiger partial charge on any atom is 0.306 e. The Morgan fingerprint density at radius 1 is 0.509 bits per heavy atom. The van der Waals surface area contributed by atoms with Crippen LogP contribution < -0.4 is 5.32 Å². The summed E-state index contributed by atoms with van der Waals surface area (Å²) in [5, 5.41) is 3.20. The Morgan fingerprint density at radius 3 is 1.16 bits per heavy atom. The van der Waals surface area contributed by atoms with Crippen LogP contribution in [0.2, 0.25) is 0 Å².